The SMILES string of the molecule is COc1ccc(S(=O)(=O)N2CCOCC2)cc1C(=O)NCC1CCCN1. The minimum absolute atomic E-state index is 0.0874. The molecule has 144 valence electrons. The quantitative estimate of drug-likeness (QED) is 0.728. The second kappa shape index (κ2) is 8.34. The minimum atomic E-state index is -3.67. The smallest absolute Gasteiger partial charge is 0.255 e. The Bertz CT molecular complexity index is 741. The highest BCUT2D eigenvalue weighted by Gasteiger charge is 2.28. The van der Waals surface area contributed by atoms with Crippen molar-refractivity contribution in [2.45, 2.75) is 23.8 Å². The predicted octanol–water partition coefficient (Wildman–Crippen LogP) is 0.198. The van der Waals surface area contributed by atoms with Crippen LogP contribution >= 0.6 is 0 Å². The van der Waals surface area contributed by atoms with Gasteiger partial charge in [0.1, 0.15) is 5.75 Å². The van der Waals surface area contributed by atoms with Crippen molar-refractivity contribution >= 4 is 15.9 Å². The molecule has 26 heavy (non-hydrogen) atoms. The summed E-state index contributed by atoms with van der Waals surface area (Å²) in [6, 6.07) is 4.64. The first-order valence-corrected chi connectivity index (χ1v) is 10.2. The Balaban J connectivity index is 1.80. The molecule has 2 fully saturated rings. The molecule has 0 saturated carbocycles. The maximum absolute atomic E-state index is 12.8. The van der Waals surface area contributed by atoms with Gasteiger partial charge in [0.05, 0.1) is 30.8 Å². The molecule has 2 saturated heterocycles. The molecule has 0 spiro atoms. The van der Waals surface area contributed by atoms with Crippen LogP contribution in [-0.4, -0.2) is 71.2 Å². The Morgan fingerprint density at radius 1 is 1.38 bits per heavy atom. The molecule has 0 radical (unpaired) electrons. The molecule has 2 aliphatic heterocycles. The van der Waals surface area contributed by atoms with E-state index in [2.05, 4.69) is 10.6 Å². The number of nitrogens with zero attached hydrogens (tertiary/aromatic N) is 1. The normalized spacial score (nSPS) is 21.5. The Morgan fingerprint density at radius 3 is 2.81 bits per heavy atom. The van der Waals surface area contributed by atoms with Gasteiger partial charge in [-0.05, 0) is 37.6 Å². The van der Waals surface area contributed by atoms with Crippen molar-refractivity contribution in [3.8, 4) is 5.75 Å². The first-order chi connectivity index (χ1) is 12.5. The van der Waals surface area contributed by atoms with E-state index in [9.17, 15) is 13.2 Å². The average molecular weight is 383 g/mol. The maximum Gasteiger partial charge on any atom is 0.255 e. The molecule has 1 aromatic carbocycles. The highest BCUT2D eigenvalue weighted by molar-refractivity contribution is 7.89. The molecule has 1 atom stereocenters. The van der Waals surface area contributed by atoms with E-state index in [1.54, 1.807) is 0 Å². The molecule has 9 heteroatoms. The van der Waals surface area contributed by atoms with E-state index >= 15 is 0 Å². The first kappa shape index (κ1) is 19.1. The van der Waals surface area contributed by atoms with Crippen LogP contribution in [0.5, 0.6) is 5.75 Å². The van der Waals surface area contributed by atoms with Crippen LogP contribution < -0.4 is 15.4 Å². The molecule has 3 rings (SSSR count). The lowest BCUT2D eigenvalue weighted by atomic mass is 10.1. The number of ether oxygens (including phenoxy) is 2. The van der Waals surface area contributed by atoms with E-state index in [1.807, 2.05) is 0 Å². The van der Waals surface area contributed by atoms with Crippen molar-refractivity contribution < 1.29 is 22.7 Å². The minimum Gasteiger partial charge on any atom is -0.496 e. The van der Waals surface area contributed by atoms with Crippen molar-refractivity contribution in [1.29, 1.82) is 0 Å². The fourth-order valence-corrected chi connectivity index (χ4v) is 4.64. The fraction of sp³-hybridized carbons (Fsp3) is 0.588. The van der Waals surface area contributed by atoms with Crippen LogP contribution in [-0.2, 0) is 14.8 Å². The van der Waals surface area contributed by atoms with Crippen LogP contribution in [0.4, 0.5) is 0 Å². The second-order valence-electron chi connectivity index (χ2n) is 6.38. The summed E-state index contributed by atoms with van der Waals surface area (Å²) in [6.07, 6.45) is 2.11. The molecule has 1 aromatic rings. The van der Waals surface area contributed by atoms with Crippen molar-refractivity contribution in [1.82, 2.24) is 14.9 Å². The van der Waals surface area contributed by atoms with E-state index in [-0.39, 0.29) is 22.4 Å². The molecule has 0 aliphatic carbocycles. The molecule has 0 bridgehead atoms. The van der Waals surface area contributed by atoms with Gasteiger partial charge in [0.2, 0.25) is 10.0 Å². The number of amides is 1. The van der Waals surface area contributed by atoms with E-state index in [0.29, 0.717) is 38.6 Å². The molecule has 8 nitrogen and oxygen atoms in total. The standard InChI is InChI=1S/C17H25N3O5S/c1-24-16-5-4-14(26(22,23)20-7-9-25-10-8-20)11-15(16)17(21)19-12-13-3-2-6-18-13/h4-5,11,13,18H,2-3,6-10,12H2,1H3,(H,19,21). The number of sulfonamides is 1. The Morgan fingerprint density at radius 2 is 2.15 bits per heavy atom. The van der Waals surface area contributed by atoms with Crippen molar-refractivity contribution in [3.63, 3.8) is 0 Å². The average Bonchev–Trinajstić information content (AvgIpc) is 3.20. The predicted molar refractivity (Wildman–Crippen MR) is 95.9 cm³/mol. The van der Waals surface area contributed by atoms with Gasteiger partial charge in [0.15, 0.2) is 0 Å². The summed E-state index contributed by atoms with van der Waals surface area (Å²) in [7, 11) is -2.21. The number of carbonyl (C=O) groups is 1. The molecule has 1 amide bonds. The summed E-state index contributed by atoms with van der Waals surface area (Å²) in [5.74, 6) is 0.0115. The summed E-state index contributed by atoms with van der Waals surface area (Å²) in [5, 5.41) is 6.17. The molecular weight excluding hydrogens is 358 g/mol. The molecular formula is C17H25N3O5S. The van der Waals surface area contributed by atoms with Crippen LogP contribution in [0, 0.1) is 0 Å². The topological polar surface area (TPSA) is 97.0 Å². The zero-order chi connectivity index (χ0) is 18.6. The lowest BCUT2D eigenvalue weighted by Gasteiger charge is -2.26. The number of methoxy groups -OCH3 is 1. The van der Waals surface area contributed by atoms with Gasteiger partial charge >= 0.3 is 0 Å². The third-order valence-corrected chi connectivity index (χ3v) is 6.59. The van der Waals surface area contributed by atoms with Crippen LogP contribution in [0.2, 0.25) is 0 Å². The summed E-state index contributed by atoms with van der Waals surface area (Å²) < 4.78 is 37.5. The number of nitrogens with one attached hydrogen (secondary N) is 2. The second-order valence-corrected chi connectivity index (χ2v) is 8.32. The molecule has 1 unspecified atom stereocenters. The van der Waals surface area contributed by atoms with Gasteiger partial charge in [-0.2, -0.15) is 4.31 Å². The van der Waals surface area contributed by atoms with Gasteiger partial charge in [-0.1, -0.05) is 0 Å². The largest absolute Gasteiger partial charge is 0.496 e. The van der Waals surface area contributed by atoms with Gasteiger partial charge in [0.25, 0.3) is 5.91 Å². The highest BCUT2D eigenvalue weighted by atomic mass is 32.2. The number of hydrogen-bond acceptors (Lipinski definition) is 6. The van der Waals surface area contributed by atoms with Crippen molar-refractivity contribution in [2.24, 2.45) is 0 Å². The molecule has 2 aliphatic rings. The van der Waals surface area contributed by atoms with E-state index in [0.717, 1.165) is 19.4 Å². The van der Waals surface area contributed by atoms with Gasteiger partial charge < -0.3 is 20.1 Å². The van der Waals surface area contributed by atoms with Crippen molar-refractivity contribution in [2.75, 3.05) is 46.5 Å². The monoisotopic (exact) mass is 383 g/mol. The van der Waals surface area contributed by atoms with Crippen molar-refractivity contribution in [3.05, 3.63) is 23.8 Å². The highest BCUT2D eigenvalue weighted by Crippen LogP contribution is 2.25. The summed E-state index contributed by atoms with van der Waals surface area (Å²) in [6.45, 7) is 2.82. The number of rotatable bonds is 6. The lowest BCUT2D eigenvalue weighted by Crippen LogP contribution is -2.40. The maximum atomic E-state index is 12.8. The zero-order valence-corrected chi connectivity index (χ0v) is 15.7. The fourth-order valence-electron chi connectivity index (χ4n) is 3.20. The molecule has 0 aromatic heterocycles. The number of benzene rings is 1. The summed E-state index contributed by atoms with van der Waals surface area (Å²) >= 11 is 0. The van der Waals surface area contributed by atoms with E-state index in [4.69, 9.17) is 9.47 Å². The summed E-state index contributed by atoms with van der Waals surface area (Å²) in [4.78, 5) is 12.7. The summed E-state index contributed by atoms with van der Waals surface area (Å²) in [5.41, 5.74) is 0.222. The first-order valence-electron chi connectivity index (χ1n) is 8.80. The van der Waals surface area contributed by atoms with Gasteiger partial charge in [-0.3, -0.25) is 4.79 Å². The number of morpholine rings is 1. The van der Waals surface area contributed by atoms with Crippen LogP contribution in [0.3, 0.4) is 0 Å². The number of hydrogen-bond donors (Lipinski definition) is 2. The third kappa shape index (κ3) is 4.17. The lowest BCUT2D eigenvalue weighted by molar-refractivity contribution is 0.0730. The Hall–Kier alpha value is -1.68. The molecule has 2 N–H and O–H groups in total. The Kier molecular flexibility index (Phi) is 6.13. The number of carbonyl (C=O) groups excluding carboxylic acids is 1. The zero-order valence-electron chi connectivity index (χ0n) is 14.9. The van der Waals surface area contributed by atoms with Gasteiger partial charge in [-0.15, -0.1) is 0 Å². The third-order valence-electron chi connectivity index (χ3n) is 4.69. The van der Waals surface area contributed by atoms with Crippen LogP contribution in [0.25, 0.3) is 0 Å². The van der Waals surface area contributed by atoms with E-state index < -0.39 is 10.0 Å². The van der Waals surface area contributed by atoms with E-state index in [1.165, 1.54) is 29.6 Å². The van der Waals surface area contributed by atoms with Crippen LogP contribution in [0.1, 0.15) is 23.2 Å². The molecule has 2 heterocycles. The Labute approximate surface area is 153 Å². The van der Waals surface area contributed by atoms with Crippen LogP contribution in [0.15, 0.2) is 23.1 Å². The van der Waals surface area contributed by atoms with Gasteiger partial charge in [0, 0.05) is 25.7 Å². The van der Waals surface area contributed by atoms with Gasteiger partial charge in [-0.25, -0.2) is 8.42 Å².